The third kappa shape index (κ3) is 4.96. The summed E-state index contributed by atoms with van der Waals surface area (Å²) in [4.78, 5) is 11.4. The monoisotopic (exact) mass is 251 g/mol. The molecule has 5 heteroatoms. The van der Waals surface area contributed by atoms with E-state index in [9.17, 15) is 18.0 Å². The lowest BCUT2D eigenvalue weighted by molar-refractivity contribution is -0.184. The minimum Gasteiger partial charge on any atom is -0.353 e. The quantitative estimate of drug-likeness (QED) is 0.815. The van der Waals surface area contributed by atoms with Crippen molar-refractivity contribution >= 4 is 5.91 Å². The number of halogens is 3. The molecule has 0 aliphatic heterocycles. The van der Waals surface area contributed by atoms with E-state index in [1.807, 2.05) is 6.92 Å². The number of nitrogens with one attached hydrogen (secondary N) is 1. The summed E-state index contributed by atoms with van der Waals surface area (Å²) in [6.07, 6.45) is -0.527. The minimum atomic E-state index is -4.12. The molecule has 1 saturated carbocycles. The summed E-state index contributed by atoms with van der Waals surface area (Å²) in [5, 5.41) is 2.72. The first kappa shape index (κ1) is 14.3. The van der Waals surface area contributed by atoms with Gasteiger partial charge in [0, 0.05) is 12.5 Å². The molecule has 2 atom stereocenters. The zero-order valence-corrected chi connectivity index (χ0v) is 10.1. The molecule has 1 amide bonds. The largest absolute Gasteiger partial charge is 0.391 e. The topological polar surface area (TPSA) is 29.1 Å². The van der Waals surface area contributed by atoms with Crippen LogP contribution in [-0.2, 0) is 4.79 Å². The number of alkyl halides is 3. The lowest BCUT2D eigenvalue weighted by Crippen LogP contribution is -2.41. The molecule has 0 heterocycles. The average Bonchev–Trinajstić information content (AvgIpc) is 2.25. The van der Waals surface area contributed by atoms with Gasteiger partial charge in [-0.05, 0) is 25.7 Å². The van der Waals surface area contributed by atoms with Crippen molar-refractivity contribution in [2.24, 2.45) is 5.92 Å². The van der Waals surface area contributed by atoms with E-state index in [-0.39, 0.29) is 24.8 Å². The van der Waals surface area contributed by atoms with E-state index < -0.39 is 12.1 Å². The fourth-order valence-electron chi connectivity index (χ4n) is 2.26. The van der Waals surface area contributed by atoms with Crippen LogP contribution in [0.15, 0.2) is 0 Å². The summed E-state index contributed by atoms with van der Waals surface area (Å²) >= 11 is 0. The summed E-state index contributed by atoms with van der Waals surface area (Å²) < 4.78 is 37.6. The molecule has 2 unspecified atom stereocenters. The lowest BCUT2D eigenvalue weighted by Gasteiger charge is -2.31. The van der Waals surface area contributed by atoms with E-state index >= 15 is 0 Å². The highest BCUT2D eigenvalue weighted by molar-refractivity contribution is 5.76. The van der Waals surface area contributed by atoms with Gasteiger partial charge in [-0.3, -0.25) is 4.79 Å². The van der Waals surface area contributed by atoms with Crippen molar-refractivity contribution in [1.29, 1.82) is 0 Å². The van der Waals surface area contributed by atoms with Crippen molar-refractivity contribution in [2.75, 3.05) is 0 Å². The van der Waals surface area contributed by atoms with Gasteiger partial charge >= 0.3 is 6.18 Å². The van der Waals surface area contributed by atoms with Gasteiger partial charge in [-0.2, -0.15) is 13.2 Å². The van der Waals surface area contributed by atoms with E-state index in [0.29, 0.717) is 19.3 Å². The van der Waals surface area contributed by atoms with Crippen molar-refractivity contribution in [3.63, 3.8) is 0 Å². The number of unbranched alkanes of at least 4 members (excludes halogenated alkanes) is 1. The maximum atomic E-state index is 12.5. The molecule has 1 fully saturated rings. The van der Waals surface area contributed by atoms with Crippen LogP contribution in [0.25, 0.3) is 0 Å². The van der Waals surface area contributed by atoms with Gasteiger partial charge in [0.1, 0.15) is 0 Å². The van der Waals surface area contributed by atoms with Gasteiger partial charge in [-0.25, -0.2) is 0 Å². The fraction of sp³-hybridized carbons (Fsp3) is 0.917. The average molecular weight is 251 g/mol. The number of hydrogen-bond donors (Lipinski definition) is 1. The third-order valence-electron chi connectivity index (χ3n) is 3.26. The summed E-state index contributed by atoms with van der Waals surface area (Å²) in [6, 6.07) is -0.292. The molecule has 1 rings (SSSR count). The Morgan fingerprint density at radius 3 is 2.65 bits per heavy atom. The Bertz CT molecular complexity index is 253. The van der Waals surface area contributed by atoms with Gasteiger partial charge in [0.15, 0.2) is 0 Å². The van der Waals surface area contributed by atoms with Gasteiger partial charge in [0.25, 0.3) is 0 Å². The second kappa shape index (κ2) is 6.26. The van der Waals surface area contributed by atoms with Gasteiger partial charge in [-0.15, -0.1) is 0 Å². The molecular weight excluding hydrogens is 231 g/mol. The Hall–Kier alpha value is -0.740. The van der Waals surface area contributed by atoms with Crippen LogP contribution in [0.2, 0.25) is 0 Å². The van der Waals surface area contributed by atoms with E-state index in [0.717, 1.165) is 12.8 Å². The van der Waals surface area contributed by atoms with E-state index in [2.05, 4.69) is 5.32 Å². The molecule has 1 aliphatic rings. The Morgan fingerprint density at radius 1 is 1.35 bits per heavy atom. The first-order valence-corrected chi connectivity index (χ1v) is 6.29. The molecule has 1 N–H and O–H groups in total. The molecule has 1 aliphatic carbocycles. The molecule has 0 aromatic carbocycles. The molecule has 0 aromatic heterocycles. The predicted octanol–water partition coefficient (Wildman–Crippen LogP) is 3.41. The molecule has 0 bridgehead atoms. The van der Waals surface area contributed by atoms with Crippen molar-refractivity contribution in [1.82, 2.24) is 5.32 Å². The molecular formula is C12H20F3NO. The highest BCUT2D eigenvalue weighted by atomic mass is 19.4. The summed E-state index contributed by atoms with van der Waals surface area (Å²) in [5.41, 5.74) is 0. The third-order valence-corrected chi connectivity index (χ3v) is 3.26. The number of carbonyl (C=O) groups is 1. The van der Waals surface area contributed by atoms with Gasteiger partial charge in [0.2, 0.25) is 5.91 Å². The molecule has 0 aromatic rings. The minimum absolute atomic E-state index is 0.0430. The molecule has 0 saturated heterocycles. The molecule has 0 spiro atoms. The summed E-state index contributed by atoms with van der Waals surface area (Å²) in [5.74, 6) is -1.35. The van der Waals surface area contributed by atoms with Crippen LogP contribution in [-0.4, -0.2) is 18.1 Å². The first-order chi connectivity index (χ1) is 7.93. The highest BCUT2D eigenvalue weighted by Crippen LogP contribution is 2.37. The van der Waals surface area contributed by atoms with Crippen LogP contribution < -0.4 is 5.32 Å². The second-order valence-electron chi connectivity index (χ2n) is 4.77. The summed E-state index contributed by atoms with van der Waals surface area (Å²) in [6.45, 7) is 1.98. The van der Waals surface area contributed by atoms with Crippen LogP contribution >= 0.6 is 0 Å². The standard InChI is InChI=1S/C12H20F3NO/c1-2-3-7-11(17)16-10-6-4-5-9(8-10)12(13,14)15/h9-10H,2-8H2,1H3,(H,16,17). The molecule has 0 radical (unpaired) electrons. The molecule has 100 valence electrons. The first-order valence-electron chi connectivity index (χ1n) is 6.29. The van der Waals surface area contributed by atoms with Gasteiger partial charge in [-0.1, -0.05) is 19.8 Å². The number of amides is 1. The highest BCUT2D eigenvalue weighted by Gasteiger charge is 2.42. The number of hydrogen-bond acceptors (Lipinski definition) is 1. The normalized spacial score (nSPS) is 25.6. The molecule has 2 nitrogen and oxygen atoms in total. The van der Waals surface area contributed by atoms with E-state index in [4.69, 9.17) is 0 Å². The van der Waals surface area contributed by atoms with Crippen LogP contribution in [0.4, 0.5) is 13.2 Å². The number of carbonyl (C=O) groups excluding carboxylic acids is 1. The SMILES string of the molecule is CCCCC(=O)NC1CCCC(C(F)(F)F)C1. The zero-order chi connectivity index (χ0) is 12.9. The van der Waals surface area contributed by atoms with E-state index in [1.165, 1.54) is 0 Å². The predicted molar refractivity (Wildman–Crippen MR) is 59.5 cm³/mol. The Morgan fingerprint density at radius 2 is 2.06 bits per heavy atom. The van der Waals surface area contributed by atoms with Crippen molar-refractivity contribution in [3.8, 4) is 0 Å². The van der Waals surface area contributed by atoms with Crippen molar-refractivity contribution < 1.29 is 18.0 Å². The maximum Gasteiger partial charge on any atom is 0.391 e. The molecule has 17 heavy (non-hydrogen) atoms. The smallest absolute Gasteiger partial charge is 0.353 e. The van der Waals surface area contributed by atoms with E-state index in [1.54, 1.807) is 0 Å². The van der Waals surface area contributed by atoms with Crippen LogP contribution in [0.3, 0.4) is 0 Å². The number of rotatable bonds is 4. The fourth-order valence-corrected chi connectivity index (χ4v) is 2.26. The van der Waals surface area contributed by atoms with Crippen LogP contribution in [0, 0.1) is 5.92 Å². The summed E-state index contributed by atoms with van der Waals surface area (Å²) in [7, 11) is 0. The van der Waals surface area contributed by atoms with Gasteiger partial charge in [0.05, 0.1) is 5.92 Å². The Kier molecular flexibility index (Phi) is 5.28. The Balaban J connectivity index is 2.37. The Labute approximate surface area is 100.0 Å². The maximum absolute atomic E-state index is 12.5. The van der Waals surface area contributed by atoms with Crippen LogP contribution in [0.1, 0.15) is 51.9 Å². The zero-order valence-electron chi connectivity index (χ0n) is 10.1. The second-order valence-corrected chi connectivity index (χ2v) is 4.77. The van der Waals surface area contributed by atoms with Crippen molar-refractivity contribution in [3.05, 3.63) is 0 Å². The van der Waals surface area contributed by atoms with Gasteiger partial charge < -0.3 is 5.32 Å². The van der Waals surface area contributed by atoms with Crippen molar-refractivity contribution in [2.45, 2.75) is 64.1 Å². The van der Waals surface area contributed by atoms with Crippen LogP contribution in [0.5, 0.6) is 0 Å². The lowest BCUT2D eigenvalue weighted by atomic mass is 9.85.